The summed E-state index contributed by atoms with van der Waals surface area (Å²) in [6.07, 6.45) is -7.87. The first kappa shape index (κ1) is 19.3. The second-order valence-corrected chi connectivity index (χ2v) is 6.36. The van der Waals surface area contributed by atoms with E-state index in [4.69, 9.17) is 14.3 Å². The van der Waals surface area contributed by atoms with Crippen LogP contribution in [0.1, 0.15) is 27.8 Å². The van der Waals surface area contributed by atoms with Gasteiger partial charge in [-0.2, -0.15) is 0 Å². The van der Waals surface area contributed by atoms with Gasteiger partial charge >= 0.3 is 5.97 Å². The topological polar surface area (TPSA) is 178 Å². The van der Waals surface area contributed by atoms with Crippen molar-refractivity contribution in [1.29, 1.82) is 0 Å². The number of hydrogen-bond acceptors (Lipinski definition) is 9. The Bertz CT molecular complexity index is 947. The third-order valence-corrected chi connectivity index (χ3v) is 4.60. The van der Waals surface area contributed by atoms with Crippen molar-refractivity contribution in [2.24, 2.45) is 0 Å². The lowest BCUT2D eigenvalue weighted by Crippen LogP contribution is -2.55. The van der Waals surface area contributed by atoms with Gasteiger partial charge in [-0.3, -0.25) is 4.79 Å². The number of aromatic carboxylic acids is 1. The molecule has 5 atom stereocenters. The number of rotatable bonds is 3. The molecule has 1 aromatic carbocycles. The van der Waals surface area contributed by atoms with Crippen molar-refractivity contribution in [2.45, 2.75) is 37.4 Å². The Kier molecular flexibility index (Phi) is 4.93. The number of carbonyl (C=O) groups is 1. The molecule has 1 aliphatic heterocycles. The molecule has 0 saturated carbocycles. The summed E-state index contributed by atoms with van der Waals surface area (Å²) in [5.74, 6) is -2.69. The number of fused-ring (bicyclic) bond motifs is 1. The SMILES string of the molecule is Cc1cc(O)c([C@@H]2O[C@H](CO)[C@@H](O)[C@H](O)[C@H]2O)c2oc(C(=O)O)cc(=O)c12. The second-order valence-electron chi connectivity index (χ2n) is 6.36. The van der Waals surface area contributed by atoms with Gasteiger partial charge in [0.15, 0.2) is 5.43 Å². The normalized spacial score (nSPS) is 28.4. The number of aliphatic hydroxyl groups is 4. The minimum atomic E-state index is -1.75. The van der Waals surface area contributed by atoms with Gasteiger partial charge in [0.05, 0.1) is 17.6 Å². The molecule has 3 rings (SSSR count). The van der Waals surface area contributed by atoms with Crippen molar-refractivity contribution in [3.63, 3.8) is 0 Å². The lowest BCUT2D eigenvalue weighted by molar-refractivity contribution is -0.231. The van der Waals surface area contributed by atoms with Gasteiger partial charge < -0.3 is 39.8 Å². The van der Waals surface area contributed by atoms with Crippen LogP contribution in [0.25, 0.3) is 11.0 Å². The zero-order chi connectivity index (χ0) is 20.0. The van der Waals surface area contributed by atoms with Gasteiger partial charge in [-0.1, -0.05) is 0 Å². The Morgan fingerprint density at radius 2 is 1.81 bits per heavy atom. The van der Waals surface area contributed by atoms with Gasteiger partial charge in [0.2, 0.25) is 5.76 Å². The number of carboxylic acid groups (broad SMARTS) is 1. The van der Waals surface area contributed by atoms with E-state index in [0.29, 0.717) is 5.56 Å². The van der Waals surface area contributed by atoms with Crippen molar-refractivity contribution in [2.75, 3.05) is 6.61 Å². The van der Waals surface area contributed by atoms with Crippen LogP contribution >= 0.6 is 0 Å². The monoisotopic (exact) mass is 382 g/mol. The Morgan fingerprint density at radius 3 is 2.41 bits per heavy atom. The van der Waals surface area contributed by atoms with E-state index < -0.39 is 60.0 Å². The fraction of sp³-hybridized carbons (Fsp3) is 0.412. The second kappa shape index (κ2) is 6.91. The molecule has 0 amide bonds. The number of carboxylic acids is 1. The van der Waals surface area contributed by atoms with Crippen molar-refractivity contribution < 1.29 is 44.6 Å². The Labute approximate surface area is 151 Å². The molecule has 27 heavy (non-hydrogen) atoms. The van der Waals surface area contributed by atoms with Gasteiger partial charge in [0.1, 0.15) is 41.9 Å². The molecule has 0 unspecified atom stereocenters. The molecule has 6 N–H and O–H groups in total. The van der Waals surface area contributed by atoms with Crippen LogP contribution < -0.4 is 5.43 Å². The summed E-state index contributed by atoms with van der Waals surface area (Å²) in [7, 11) is 0. The van der Waals surface area contributed by atoms with E-state index in [2.05, 4.69) is 0 Å². The molecule has 146 valence electrons. The van der Waals surface area contributed by atoms with Crippen LogP contribution in [0.5, 0.6) is 5.75 Å². The molecule has 0 spiro atoms. The number of phenolic OH excluding ortho intramolecular Hbond substituents is 1. The van der Waals surface area contributed by atoms with Crippen molar-refractivity contribution in [1.82, 2.24) is 0 Å². The predicted molar refractivity (Wildman–Crippen MR) is 88.6 cm³/mol. The third kappa shape index (κ3) is 3.07. The lowest BCUT2D eigenvalue weighted by atomic mass is 9.89. The Hall–Kier alpha value is -2.50. The number of aryl methyl sites for hydroxylation is 1. The van der Waals surface area contributed by atoms with E-state index >= 15 is 0 Å². The first-order valence-corrected chi connectivity index (χ1v) is 8.01. The van der Waals surface area contributed by atoms with Crippen LogP contribution in [0.3, 0.4) is 0 Å². The highest BCUT2D eigenvalue weighted by Gasteiger charge is 2.46. The van der Waals surface area contributed by atoms with E-state index in [0.717, 1.165) is 6.07 Å². The van der Waals surface area contributed by atoms with Crippen molar-refractivity contribution in [3.05, 3.63) is 39.2 Å². The molecule has 0 radical (unpaired) electrons. The van der Waals surface area contributed by atoms with Gasteiger partial charge in [0.25, 0.3) is 0 Å². The molecule has 2 heterocycles. The number of ether oxygens (including phenoxy) is 1. The number of aliphatic hydroxyl groups excluding tert-OH is 4. The van der Waals surface area contributed by atoms with Crippen LogP contribution in [0.4, 0.5) is 0 Å². The largest absolute Gasteiger partial charge is 0.507 e. The standard InChI is InChI=1S/C17H18O10/c1-5-2-6(19)11(15-10(5)7(20)3-8(26-15)17(24)25)16-14(23)13(22)12(21)9(4-18)27-16/h2-3,9,12-14,16,18-19,21-23H,4H2,1H3,(H,24,25)/t9-,12-,13+,14-,16+/m1/s1. The van der Waals surface area contributed by atoms with E-state index in [1.54, 1.807) is 0 Å². The fourth-order valence-corrected chi connectivity index (χ4v) is 3.25. The molecule has 10 heteroatoms. The van der Waals surface area contributed by atoms with Crippen molar-refractivity contribution >= 4 is 16.9 Å². The van der Waals surface area contributed by atoms with Gasteiger partial charge in [0, 0.05) is 6.07 Å². The molecule has 2 aromatic rings. The first-order chi connectivity index (χ1) is 12.7. The summed E-state index contributed by atoms with van der Waals surface area (Å²) in [5.41, 5.74) is -0.993. The summed E-state index contributed by atoms with van der Waals surface area (Å²) in [6, 6.07) is 1.99. The molecule has 0 bridgehead atoms. The number of hydrogen-bond donors (Lipinski definition) is 6. The summed E-state index contributed by atoms with van der Waals surface area (Å²) >= 11 is 0. The highest BCUT2D eigenvalue weighted by molar-refractivity contribution is 5.90. The van der Waals surface area contributed by atoms with E-state index in [-0.39, 0.29) is 16.5 Å². The fourth-order valence-electron chi connectivity index (χ4n) is 3.25. The molecular formula is C17H18O10. The van der Waals surface area contributed by atoms with Crippen LogP contribution in [0, 0.1) is 6.92 Å². The molecule has 1 saturated heterocycles. The smallest absolute Gasteiger partial charge is 0.371 e. The van der Waals surface area contributed by atoms with Crippen LogP contribution in [0.2, 0.25) is 0 Å². The zero-order valence-electron chi connectivity index (χ0n) is 14.1. The van der Waals surface area contributed by atoms with Crippen LogP contribution in [-0.2, 0) is 4.74 Å². The highest BCUT2D eigenvalue weighted by Crippen LogP contribution is 2.41. The first-order valence-electron chi connectivity index (χ1n) is 8.01. The zero-order valence-corrected chi connectivity index (χ0v) is 14.1. The van der Waals surface area contributed by atoms with E-state index in [1.165, 1.54) is 13.0 Å². The maximum absolute atomic E-state index is 12.4. The van der Waals surface area contributed by atoms with Crippen LogP contribution in [0.15, 0.2) is 21.3 Å². The average Bonchev–Trinajstić information content (AvgIpc) is 2.60. The summed E-state index contributed by atoms with van der Waals surface area (Å²) in [4.78, 5) is 23.6. The number of aromatic hydroxyl groups is 1. The Balaban J connectivity index is 2.30. The van der Waals surface area contributed by atoms with Crippen molar-refractivity contribution in [3.8, 4) is 5.75 Å². The molecule has 10 nitrogen and oxygen atoms in total. The predicted octanol–water partition coefficient (Wildman–Crippen LogP) is -0.980. The molecule has 1 aromatic heterocycles. The lowest BCUT2D eigenvalue weighted by Gasteiger charge is -2.40. The molecule has 0 aliphatic carbocycles. The van der Waals surface area contributed by atoms with Gasteiger partial charge in [-0.05, 0) is 18.6 Å². The number of benzene rings is 1. The summed E-state index contributed by atoms with van der Waals surface area (Å²) in [6.45, 7) is 0.798. The third-order valence-electron chi connectivity index (χ3n) is 4.60. The van der Waals surface area contributed by atoms with Crippen LogP contribution in [-0.4, -0.2) is 67.6 Å². The molecule has 1 fully saturated rings. The molecular weight excluding hydrogens is 364 g/mol. The quantitative estimate of drug-likeness (QED) is 0.386. The van der Waals surface area contributed by atoms with E-state index in [1.807, 2.05) is 0 Å². The minimum Gasteiger partial charge on any atom is -0.507 e. The van der Waals surface area contributed by atoms with Gasteiger partial charge in [-0.25, -0.2) is 4.79 Å². The number of phenols is 1. The summed E-state index contributed by atoms with van der Waals surface area (Å²) in [5, 5.41) is 59.0. The maximum atomic E-state index is 12.4. The average molecular weight is 382 g/mol. The van der Waals surface area contributed by atoms with Gasteiger partial charge in [-0.15, -0.1) is 0 Å². The molecule has 1 aliphatic rings. The maximum Gasteiger partial charge on any atom is 0.371 e. The highest BCUT2D eigenvalue weighted by atomic mass is 16.5. The minimum absolute atomic E-state index is 0.0373. The Morgan fingerprint density at radius 1 is 1.15 bits per heavy atom. The van der Waals surface area contributed by atoms with E-state index in [9.17, 15) is 35.1 Å². The summed E-state index contributed by atoms with van der Waals surface area (Å²) < 4.78 is 10.7.